The number of aliphatic hydroxyl groups excluding tert-OH is 1. The van der Waals surface area contributed by atoms with Crippen LogP contribution in [-0.2, 0) is 0 Å². The summed E-state index contributed by atoms with van der Waals surface area (Å²) in [6.45, 7) is 3.46. The number of rotatable bonds is 4. The van der Waals surface area contributed by atoms with E-state index in [4.69, 9.17) is 4.74 Å². The Hall–Kier alpha value is -1.30. The van der Waals surface area contributed by atoms with Crippen molar-refractivity contribution in [2.45, 2.75) is 6.04 Å². The van der Waals surface area contributed by atoms with E-state index in [-0.39, 0.29) is 18.4 Å². The fraction of sp³-hybridized carbons (Fsp3) is 0.538. The number of nitrogens with one attached hydrogen (secondary N) is 1. The van der Waals surface area contributed by atoms with Crippen molar-refractivity contribution in [3.63, 3.8) is 0 Å². The molecule has 5 heteroatoms. The molecule has 100 valence electrons. The molecule has 0 aromatic heterocycles. The van der Waals surface area contributed by atoms with E-state index in [1.54, 1.807) is 25.3 Å². The van der Waals surface area contributed by atoms with Crippen LogP contribution in [0.4, 0.5) is 0 Å². The molecule has 1 aromatic carbocycles. The summed E-state index contributed by atoms with van der Waals surface area (Å²) >= 11 is 0. The highest BCUT2D eigenvalue weighted by atomic mass is 16.5. The van der Waals surface area contributed by atoms with E-state index < -0.39 is 0 Å². The van der Waals surface area contributed by atoms with Crippen LogP contribution in [0.15, 0.2) is 18.2 Å². The van der Waals surface area contributed by atoms with Gasteiger partial charge in [0.05, 0.1) is 25.3 Å². The molecule has 0 unspecified atom stereocenters. The Morgan fingerprint density at radius 2 is 2.11 bits per heavy atom. The maximum absolute atomic E-state index is 10.0. The lowest BCUT2D eigenvalue weighted by molar-refractivity contribution is 0.107. The summed E-state index contributed by atoms with van der Waals surface area (Å²) in [5.41, 5.74) is 0.671. The molecule has 5 nitrogen and oxygen atoms in total. The number of phenols is 1. The van der Waals surface area contributed by atoms with E-state index in [0.29, 0.717) is 11.3 Å². The van der Waals surface area contributed by atoms with Crippen molar-refractivity contribution in [1.29, 1.82) is 0 Å². The highest BCUT2D eigenvalue weighted by Gasteiger charge is 2.26. The first kappa shape index (κ1) is 13.1. The van der Waals surface area contributed by atoms with E-state index in [1.165, 1.54) is 0 Å². The number of ether oxygens (including phenoxy) is 1. The Bertz CT molecular complexity index is 392. The largest absolute Gasteiger partial charge is 0.507 e. The first-order valence-corrected chi connectivity index (χ1v) is 6.19. The topological polar surface area (TPSA) is 65.0 Å². The average molecular weight is 252 g/mol. The van der Waals surface area contributed by atoms with Crippen LogP contribution in [0.2, 0.25) is 0 Å². The van der Waals surface area contributed by atoms with Crippen LogP contribution in [0.3, 0.4) is 0 Å². The van der Waals surface area contributed by atoms with Gasteiger partial charge in [0.2, 0.25) is 0 Å². The highest BCUT2D eigenvalue weighted by Crippen LogP contribution is 2.36. The van der Waals surface area contributed by atoms with E-state index >= 15 is 0 Å². The van der Waals surface area contributed by atoms with Gasteiger partial charge in [-0.2, -0.15) is 0 Å². The zero-order valence-electron chi connectivity index (χ0n) is 10.6. The number of hydrogen-bond donors (Lipinski definition) is 3. The second-order valence-corrected chi connectivity index (χ2v) is 4.38. The van der Waals surface area contributed by atoms with Crippen LogP contribution in [0.25, 0.3) is 0 Å². The van der Waals surface area contributed by atoms with Crippen molar-refractivity contribution in [3.8, 4) is 11.5 Å². The summed E-state index contributed by atoms with van der Waals surface area (Å²) in [6, 6.07) is 4.95. The molecule has 0 saturated carbocycles. The molecule has 0 aliphatic carbocycles. The quantitative estimate of drug-likeness (QED) is 0.721. The predicted molar refractivity (Wildman–Crippen MR) is 68.9 cm³/mol. The molecule has 0 bridgehead atoms. The Labute approximate surface area is 107 Å². The third-order valence-electron chi connectivity index (χ3n) is 3.36. The standard InChI is InChI=1S/C13H20N2O3/c1-18-12-4-2-3-11(17)13(12)10(9-16)15-7-5-14-6-8-15/h2-4,10,14,16-17H,5-9H2,1H3/t10-/m0/s1. The molecule has 1 heterocycles. The zero-order valence-corrected chi connectivity index (χ0v) is 10.6. The third kappa shape index (κ3) is 2.58. The molecule has 1 aliphatic rings. The van der Waals surface area contributed by atoms with Gasteiger partial charge in [-0.25, -0.2) is 0 Å². The van der Waals surface area contributed by atoms with Crippen molar-refractivity contribution in [2.24, 2.45) is 0 Å². The van der Waals surface area contributed by atoms with Gasteiger partial charge < -0.3 is 20.3 Å². The third-order valence-corrected chi connectivity index (χ3v) is 3.36. The Morgan fingerprint density at radius 1 is 1.39 bits per heavy atom. The summed E-state index contributed by atoms with van der Waals surface area (Å²) in [7, 11) is 1.57. The first-order valence-electron chi connectivity index (χ1n) is 6.19. The number of benzene rings is 1. The van der Waals surface area contributed by atoms with E-state index in [1.807, 2.05) is 0 Å². The van der Waals surface area contributed by atoms with Crippen LogP contribution >= 0.6 is 0 Å². The number of phenolic OH excluding ortho intramolecular Hbond substituents is 1. The number of methoxy groups -OCH3 is 1. The van der Waals surface area contributed by atoms with Crippen molar-refractivity contribution in [3.05, 3.63) is 23.8 Å². The van der Waals surface area contributed by atoms with Crippen LogP contribution in [-0.4, -0.2) is 55.0 Å². The van der Waals surface area contributed by atoms with E-state index in [2.05, 4.69) is 10.2 Å². The molecule has 0 spiro atoms. The van der Waals surface area contributed by atoms with E-state index in [9.17, 15) is 10.2 Å². The molecule has 1 aliphatic heterocycles. The Morgan fingerprint density at radius 3 is 2.72 bits per heavy atom. The smallest absolute Gasteiger partial charge is 0.127 e. The zero-order chi connectivity index (χ0) is 13.0. The van der Waals surface area contributed by atoms with Crippen LogP contribution in [0, 0.1) is 0 Å². The van der Waals surface area contributed by atoms with Crippen molar-refractivity contribution >= 4 is 0 Å². The minimum absolute atomic E-state index is 0.0338. The lowest BCUT2D eigenvalue weighted by Gasteiger charge is -2.34. The van der Waals surface area contributed by atoms with Gasteiger partial charge in [-0.05, 0) is 12.1 Å². The number of nitrogens with zero attached hydrogens (tertiary/aromatic N) is 1. The molecule has 0 amide bonds. The number of aliphatic hydroxyl groups is 1. The SMILES string of the molecule is COc1cccc(O)c1[C@H](CO)N1CCNCC1. The molecular weight excluding hydrogens is 232 g/mol. The summed E-state index contributed by atoms with van der Waals surface area (Å²) in [4.78, 5) is 2.16. The van der Waals surface area contributed by atoms with Gasteiger partial charge in [0.1, 0.15) is 11.5 Å². The van der Waals surface area contributed by atoms with Gasteiger partial charge in [0, 0.05) is 26.2 Å². The highest BCUT2D eigenvalue weighted by molar-refractivity contribution is 5.46. The van der Waals surface area contributed by atoms with Crippen molar-refractivity contribution in [1.82, 2.24) is 10.2 Å². The normalized spacial score (nSPS) is 18.6. The molecule has 0 radical (unpaired) electrons. The molecule has 18 heavy (non-hydrogen) atoms. The first-order chi connectivity index (χ1) is 8.77. The lowest BCUT2D eigenvalue weighted by Crippen LogP contribution is -2.46. The van der Waals surface area contributed by atoms with Crippen LogP contribution in [0.1, 0.15) is 11.6 Å². The summed E-state index contributed by atoms with van der Waals surface area (Å²) < 4.78 is 5.29. The van der Waals surface area contributed by atoms with Crippen LogP contribution in [0.5, 0.6) is 11.5 Å². The summed E-state index contributed by atoms with van der Waals surface area (Å²) in [5, 5.41) is 22.9. The number of aromatic hydroxyl groups is 1. The predicted octanol–water partition coefficient (Wildman–Crippen LogP) is 0.339. The lowest BCUT2D eigenvalue weighted by atomic mass is 10.0. The second kappa shape index (κ2) is 6.04. The fourth-order valence-electron chi connectivity index (χ4n) is 2.43. The second-order valence-electron chi connectivity index (χ2n) is 4.38. The fourth-order valence-corrected chi connectivity index (χ4v) is 2.43. The van der Waals surface area contributed by atoms with Gasteiger partial charge in [-0.1, -0.05) is 6.07 Å². The van der Waals surface area contributed by atoms with Crippen molar-refractivity contribution in [2.75, 3.05) is 39.9 Å². The van der Waals surface area contributed by atoms with Gasteiger partial charge in [0.25, 0.3) is 0 Å². The monoisotopic (exact) mass is 252 g/mol. The van der Waals surface area contributed by atoms with Gasteiger partial charge in [0.15, 0.2) is 0 Å². The maximum Gasteiger partial charge on any atom is 0.127 e. The molecule has 1 fully saturated rings. The number of piperazine rings is 1. The van der Waals surface area contributed by atoms with Crippen molar-refractivity contribution < 1.29 is 14.9 Å². The molecular formula is C13H20N2O3. The molecule has 2 rings (SSSR count). The molecule has 3 N–H and O–H groups in total. The molecule has 1 atom stereocenters. The van der Waals surface area contributed by atoms with E-state index in [0.717, 1.165) is 26.2 Å². The molecule has 1 aromatic rings. The van der Waals surface area contributed by atoms with Gasteiger partial charge >= 0.3 is 0 Å². The minimum Gasteiger partial charge on any atom is -0.507 e. The molecule has 1 saturated heterocycles. The Kier molecular flexibility index (Phi) is 4.41. The summed E-state index contributed by atoms with van der Waals surface area (Å²) in [6.07, 6.45) is 0. The number of hydrogen-bond acceptors (Lipinski definition) is 5. The maximum atomic E-state index is 10.0. The average Bonchev–Trinajstić information content (AvgIpc) is 2.42. The van der Waals surface area contributed by atoms with Crippen LogP contribution < -0.4 is 10.1 Å². The summed E-state index contributed by atoms with van der Waals surface area (Å²) in [5.74, 6) is 0.791. The van der Waals surface area contributed by atoms with Gasteiger partial charge in [-0.3, -0.25) is 4.90 Å². The van der Waals surface area contributed by atoms with Gasteiger partial charge in [-0.15, -0.1) is 0 Å². The minimum atomic E-state index is -0.219. The Balaban J connectivity index is 2.31.